The molecular formula is C8H13N3. The fraction of sp³-hybridized carbons (Fsp3) is 0.500. The molecule has 0 radical (unpaired) electrons. The van der Waals surface area contributed by atoms with Gasteiger partial charge in [0.1, 0.15) is 0 Å². The second-order valence-electron chi connectivity index (χ2n) is 2.26. The number of nitriles is 1. The third-order valence-electron chi connectivity index (χ3n) is 1.20. The van der Waals surface area contributed by atoms with Crippen molar-refractivity contribution in [1.29, 1.82) is 5.26 Å². The van der Waals surface area contributed by atoms with Gasteiger partial charge in [-0.2, -0.15) is 5.26 Å². The van der Waals surface area contributed by atoms with Gasteiger partial charge in [0.05, 0.1) is 17.8 Å². The van der Waals surface area contributed by atoms with E-state index in [9.17, 15) is 0 Å². The van der Waals surface area contributed by atoms with Crippen LogP contribution in [0.1, 0.15) is 20.3 Å². The van der Waals surface area contributed by atoms with Gasteiger partial charge >= 0.3 is 0 Å². The van der Waals surface area contributed by atoms with E-state index >= 15 is 0 Å². The van der Waals surface area contributed by atoms with E-state index in [-0.39, 0.29) is 5.92 Å². The lowest BCUT2D eigenvalue weighted by Crippen LogP contribution is -2.03. The van der Waals surface area contributed by atoms with Crippen LogP contribution in [0.25, 0.3) is 0 Å². The fourth-order valence-corrected chi connectivity index (χ4v) is 0.535. The van der Waals surface area contributed by atoms with Gasteiger partial charge in [-0.25, -0.2) is 4.99 Å². The molecule has 0 aliphatic carbocycles. The lowest BCUT2D eigenvalue weighted by Gasteiger charge is -1.93. The van der Waals surface area contributed by atoms with Gasteiger partial charge in [-0.1, -0.05) is 6.92 Å². The van der Waals surface area contributed by atoms with Crippen molar-refractivity contribution in [3.05, 3.63) is 12.3 Å². The average molecular weight is 151 g/mol. The van der Waals surface area contributed by atoms with E-state index in [4.69, 9.17) is 11.0 Å². The van der Waals surface area contributed by atoms with Crippen molar-refractivity contribution >= 4 is 5.84 Å². The minimum absolute atomic E-state index is 0.0434. The lowest BCUT2D eigenvalue weighted by molar-refractivity contribution is 0.786. The van der Waals surface area contributed by atoms with E-state index in [1.54, 1.807) is 19.2 Å². The second kappa shape index (κ2) is 5.48. The molecular weight excluding hydrogens is 138 g/mol. The van der Waals surface area contributed by atoms with Gasteiger partial charge in [0.2, 0.25) is 0 Å². The topological polar surface area (TPSA) is 62.2 Å². The second-order valence-corrected chi connectivity index (χ2v) is 2.26. The van der Waals surface area contributed by atoms with Gasteiger partial charge in [0.15, 0.2) is 0 Å². The van der Waals surface area contributed by atoms with Crippen molar-refractivity contribution in [2.24, 2.45) is 16.6 Å². The summed E-state index contributed by atoms with van der Waals surface area (Å²) in [5.41, 5.74) is 5.28. The highest BCUT2D eigenvalue weighted by molar-refractivity contribution is 5.77. The molecule has 0 saturated heterocycles. The van der Waals surface area contributed by atoms with Crippen molar-refractivity contribution in [1.82, 2.24) is 0 Å². The summed E-state index contributed by atoms with van der Waals surface area (Å²) < 4.78 is 0. The SMILES string of the molecule is CC[C@H](C#N)/C=C/N=C(C)N. The first kappa shape index (κ1) is 9.70. The predicted molar refractivity (Wildman–Crippen MR) is 45.8 cm³/mol. The van der Waals surface area contributed by atoms with E-state index in [2.05, 4.69) is 11.1 Å². The minimum atomic E-state index is -0.0434. The number of nitrogens with two attached hydrogens (primary N) is 1. The Morgan fingerprint density at radius 1 is 1.82 bits per heavy atom. The van der Waals surface area contributed by atoms with Crippen LogP contribution in [-0.4, -0.2) is 5.84 Å². The highest BCUT2D eigenvalue weighted by Gasteiger charge is 1.95. The monoisotopic (exact) mass is 151 g/mol. The first-order valence-electron chi connectivity index (χ1n) is 3.56. The molecule has 0 aromatic rings. The number of hydrogen-bond acceptors (Lipinski definition) is 2. The van der Waals surface area contributed by atoms with Crippen molar-refractivity contribution in [3.63, 3.8) is 0 Å². The van der Waals surface area contributed by atoms with E-state index in [0.29, 0.717) is 5.84 Å². The van der Waals surface area contributed by atoms with E-state index in [0.717, 1.165) is 6.42 Å². The molecule has 0 aliphatic rings. The minimum Gasteiger partial charge on any atom is -0.387 e. The molecule has 0 spiro atoms. The van der Waals surface area contributed by atoms with Crippen LogP contribution in [0.2, 0.25) is 0 Å². The molecule has 0 aromatic heterocycles. The Hall–Kier alpha value is -1.30. The van der Waals surface area contributed by atoms with Crippen LogP contribution >= 0.6 is 0 Å². The summed E-state index contributed by atoms with van der Waals surface area (Å²) in [6.45, 7) is 3.66. The van der Waals surface area contributed by atoms with E-state index in [1.165, 1.54) is 0 Å². The summed E-state index contributed by atoms with van der Waals surface area (Å²) in [5.74, 6) is 0.465. The maximum Gasteiger partial charge on any atom is 0.0957 e. The molecule has 11 heavy (non-hydrogen) atoms. The molecule has 1 atom stereocenters. The molecule has 2 N–H and O–H groups in total. The van der Waals surface area contributed by atoms with Crippen LogP contribution < -0.4 is 5.73 Å². The van der Waals surface area contributed by atoms with Gasteiger partial charge in [0, 0.05) is 6.20 Å². The predicted octanol–water partition coefficient (Wildman–Crippen LogP) is 1.43. The highest BCUT2D eigenvalue weighted by atomic mass is 14.8. The number of hydrogen-bond donors (Lipinski definition) is 1. The number of aliphatic imine (C=N–C) groups is 1. The van der Waals surface area contributed by atoms with Crippen LogP contribution in [0.4, 0.5) is 0 Å². The van der Waals surface area contributed by atoms with Crippen LogP contribution in [0.3, 0.4) is 0 Å². The van der Waals surface area contributed by atoms with Crippen LogP contribution in [-0.2, 0) is 0 Å². The molecule has 0 aliphatic heterocycles. The zero-order valence-electron chi connectivity index (χ0n) is 6.91. The largest absolute Gasteiger partial charge is 0.387 e. The maximum atomic E-state index is 8.51. The zero-order valence-corrected chi connectivity index (χ0v) is 6.91. The molecule has 3 nitrogen and oxygen atoms in total. The van der Waals surface area contributed by atoms with Crippen molar-refractivity contribution in [2.45, 2.75) is 20.3 Å². The molecule has 0 bridgehead atoms. The quantitative estimate of drug-likeness (QED) is 0.490. The molecule has 0 aromatic carbocycles. The third kappa shape index (κ3) is 5.16. The zero-order chi connectivity index (χ0) is 8.69. The molecule has 0 unspecified atom stereocenters. The molecule has 3 heteroatoms. The van der Waals surface area contributed by atoms with Gasteiger partial charge in [-0.3, -0.25) is 0 Å². The summed E-state index contributed by atoms with van der Waals surface area (Å²) in [6, 6.07) is 2.13. The number of rotatable bonds is 3. The third-order valence-corrected chi connectivity index (χ3v) is 1.20. The summed E-state index contributed by atoms with van der Waals surface area (Å²) in [4.78, 5) is 3.82. The Morgan fingerprint density at radius 2 is 2.45 bits per heavy atom. The van der Waals surface area contributed by atoms with Crippen molar-refractivity contribution < 1.29 is 0 Å². The summed E-state index contributed by atoms with van der Waals surface area (Å²) in [5, 5.41) is 8.51. The first-order valence-corrected chi connectivity index (χ1v) is 3.56. The van der Waals surface area contributed by atoms with Crippen molar-refractivity contribution in [3.8, 4) is 6.07 Å². The molecule has 0 rings (SSSR count). The lowest BCUT2D eigenvalue weighted by atomic mass is 10.1. The Balaban J connectivity index is 3.93. The van der Waals surface area contributed by atoms with Crippen LogP contribution in [0.5, 0.6) is 0 Å². The summed E-state index contributed by atoms with van der Waals surface area (Å²) >= 11 is 0. The molecule has 0 fully saturated rings. The number of amidine groups is 1. The Labute approximate surface area is 67.2 Å². The standard InChI is InChI=1S/C8H13N3/c1-3-8(6-9)4-5-11-7(2)10/h4-5,8H,3H2,1-2H3,(H2,10,11)/b5-4+/t8-/m0/s1. The summed E-state index contributed by atoms with van der Waals surface area (Å²) in [6.07, 6.45) is 4.13. The van der Waals surface area contributed by atoms with Gasteiger partial charge in [-0.05, 0) is 19.4 Å². The van der Waals surface area contributed by atoms with Gasteiger partial charge < -0.3 is 5.73 Å². The number of allylic oxidation sites excluding steroid dienone is 1. The van der Waals surface area contributed by atoms with E-state index in [1.807, 2.05) is 6.92 Å². The normalized spacial score (nSPS) is 14.8. The molecule has 0 heterocycles. The van der Waals surface area contributed by atoms with Crippen molar-refractivity contribution in [2.75, 3.05) is 0 Å². The van der Waals surface area contributed by atoms with Gasteiger partial charge in [0.25, 0.3) is 0 Å². The number of nitrogens with zero attached hydrogens (tertiary/aromatic N) is 2. The van der Waals surface area contributed by atoms with Gasteiger partial charge in [-0.15, -0.1) is 0 Å². The maximum absolute atomic E-state index is 8.51. The highest BCUT2D eigenvalue weighted by Crippen LogP contribution is 2.01. The fourth-order valence-electron chi connectivity index (χ4n) is 0.535. The first-order chi connectivity index (χ1) is 5.20. The smallest absolute Gasteiger partial charge is 0.0957 e. The molecule has 0 saturated carbocycles. The molecule has 60 valence electrons. The Morgan fingerprint density at radius 3 is 2.82 bits per heavy atom. The Kier molecular flexibility index (Phi) is 4.83. The summed E-state index contributed by atoms with van der Waals surface area (Å²) in [7, 11) is 0. The molecule has 0 amide bonds. The average Bonchev–Trinajstić information content (AvgIpc) is 1.98. The van der Waals surface area contributed by atoms with Crippen LogP contribution in [0, 0.1) is 17.2 Å². The van der Waals surface area contributed by atoms with E-state index < -0.39 is 0 Å². The Bertz CT molecular complexity index is 194. The van der Waals surface area contributed by atoms with Crippen LogP contribution in [0.15, 0.2) is 17.3 Å².